The summed E-state index contributed by atoms with van der Waals surface area (Å²) in [5.41, 5.74) is 0.232. The molecule has 1 aromatic carbocycles. The topological polar surface area (TPSA) is 106 Å². The molecule has 1 unspecified atom stereocenters. The molecule has 1 saturated heterocycles. The molecule has 0 saturated carbocycles. The number of aromatic nitrogens is 3. The highest BCUT2D eigenvalue weighted by Gasteiger charge is 2.30. The van der Waals surface area contributed by atoms with Crippen molar-refractivity contribution >= 4 is 23.4 Å². The Kier molecular flexibility index (Phi) is 5.52. The number of carbonyl (C=O) groups excluding carboxylic acids is 1. The summed E-state index contributed by atoms with van der Waals surface area (Å²) in [6.07, 6.45) is 3.41. The molecule has 1 aliphatic rings. The Morgan fingerprint density at radius 2 is 2.31 bits per heavy atom. The zero-order chi connectivity index (χ0) is 18.7. The molecule has 1 N–H and O–H groups in total. The lowest BCUT2D eigenvalue weighted by Crippen LogP contribution is -2.40. The first kappa shape index (κ1) is 18.3. The number of rotatable bonds is 6. The molecular weight excluding hydrogens is 356 g/mol. The molecule has 1 atom stereocenters. The van der Waals surface area contributed by atoms with Crippen LogP contribution in [-0.4, -0.2) is 56.7 Å². The maximum Gasteiger partial charge on any atom is 0.284 e. The zero-order valence-electron chi connectivity index (χ0n) is 14.6. The second-order valence-corrected chi connectivity index (χ2v) is 7.13. The normalized spacial score (nSPS) is 16.8. The van der Waals surface area contributed by atoms with Gasteiger partial charge in [-0.15, -0.1) is 10.2 Å². The largest absolute Gasteiger partial charge is 0.334 e. The van der Waals surface area contributed by atoms with Crippen LogP contribution in [-0.2, 0) is 7.05 Å². The van der Waals surface area contributed by atoms with E-state index < -0.39 is 4.92 Å². The van der Waals surface area contributed by atoms with E-state index in [4.69, 9.17) is 0 Å². The van der Waals surface area contributed by atoms with Crippen molar-refractivity contribution in [3.05, 3.63) is 40.2 Å². The molecule has 1 aliphatic heterocycles. The molecule has 0 bridgehead atoms. The molecule has 1 fully saturated rings. The average Bonchev–Trinajstić information content (AvgIpc) is 3.24. The number of likely N-dealkylation sites (N-methyl/N-ethyl adjacent to an activating group) is 1. The number of benzene rings is 1. The summed E-state index contributed by atoms with van der Waals surface area (Å²) < 4.78 is 1.68. The van der Waals surface area contributed by atoms with Crippen LogP contribution in [0.1, 0.15) is 23.2 Å². The number of nitro groups is 1. The predicted octanol–water partition coefficient (Wildman–Crippen LogP) is 1.70. The van der Waals surface area contributed by atoms with Gasteiger partial charge in [-0.25, -0.2) is 0 Å². The van der Waals surface area contributed by atoms with Crippen molar-refractivity contribution in [3.63, 3.8) is 0 Å². The van der Waals surface area contributed by atoms with E-state index in [1.54, 1.807) is 28.6 Å². The molecule has 0 aliphatic carbocycles. The van der Waals surface area contributed by atoms with Gasteiger partial charge in [0.2, 0.25) is 0 Å². The van der Waals surface area contributed by atoms with Gasteiger partial charge in [-0.05, 0) is 43.8 Å². The van der Waals surface area contributed by atoms with E-state index >= 15 is 0 Å². The first-order valence-corrected chi connectivity index (χ1v) is 9.08. The highest BCUT2D eigenvalue weighted by molar-refractivity contribution is 7.99. The van der Waals surface area contributed by atoms with Crippen molar-refractivity contribution in [1.82, 2.24) is 25.0 Å². The molecule has 10 heteroatoms. The summed E-state index contributed by atoms with van der Waals surface area (Å²) >= 11 is 1.15. The van der Waals surface area contributed by atoms with Gasteiger partial charge in [0.1, 0.15) is 6.33 Å². The number of nitro benzene ring substituents is 1. The minimum atomic E-state index is -0.468. The molecule has 1 amide bonds. The van der Waals surface area contributed by atoms with Crippen LogP contribution in [0.15, 0.2) is 34.6 Å². The maximum absolute atomic E-state index is 12.8. The van der Waals surface area contributed by atoms with Gasteiger partial charge in [0, 0.05) is 37.8 Å². The second-order valence-electron chi connectivity index (χ2n) is 6.12. The van der Waals surface area contributed by atoms with Gasteiger partial charge in [-0.2, -0.15) is 0 Å². The number of carbonyl (C=O) groups is 1. The van der Waals surface area contributed by atoms with Gasteiger partial charge in [0.05, 0.1) is 9.82 Å². The molecule has 2 aromatic rings. The summed E-state index contributed by atoms with van der Waals surface area (Å²) in [4.78, 5) is 26.1. The molecule has 3 rings (SSSR count). The maximum atomic E-state index is 12.8. The fraction of sp³-hybridized carbons (Fsp3) is 0.438. The molecule has 0 radical (unpaired) electrons. The monoisotopic (exact) mass is 376 g/mol. The first-order chi connectivity index (χ1) is 12.5. The van der Waals surface area contributed by atoms with Crippen LogP contribution < -0.4 is 5.32 Å². The number of hydrogen-bond acceptors (Lipinski definition) is 7. The minimum Gasteiger partial charge on any atom is -0.334 e. The van der Waals surface area contributed by atoms with Gasteiger partial charge in [0.25, 0.3) is 11.6 Å². The Morgan fingerprint density at radius 1 is 1.50 bits per heavy atom. The van der Waals surface area contributed by atoms with Gasteiger partial charge in [0.15, 0.2) is 5.16 Å². The molecular formula is C16H20N6O3S. The van der Waals surface area contributed by atoms with Crippen LogP contribution in [0.3, 0.4) is 0 Å². The quantitative estimate of drug-likeness (QED) is 0.604. The number of nitrogens with one attached hydrogen (secondary N) is 1. The van der Waals surface area contributed by atoms with E-state index in [-0.39, 0.29) is 17.6 Å². The van der Waals surface area contributed by atoms with Crippen molar-refractivity contribution in [3.8, 4) is 0 Å². The Balaban J connectivity index is 1.87. The first-order valence-electron chi connectivity index (χ1n) is 8.27. The average molecular weight is 376 g/mol. The minimum absolute atomic E-state index is 0.104. The Hall–Kier alpha value is -2.46. The third-order valence-corrected chi connectivity index (χ3v) is 5.47. The third kappa shape index (κ3) is 3.70. The number of amides is 1. The van der Waals surface area contributed by atoms with Crippen molar-refractivity contribution < 1.29 is 9.72 Å². The summed E-state index contributed by atoms with van der Waals surface area (Å²) in [5, 5.41) is 22.9. The van der Waals surface area contributed by atoms with Crippen LogP contribution in [0.5, 0.6) is 0 Å². The van der Waals surface area contributed by atoms with Crippen LogP contribution in [0.2, 0.25) is 0 Å². The Morgan fingerprint density at radius 3 is 2.96 bits per heavy atom. The highest BCUT2D eigenvalue weighted by Crippen LogP contribution is 2.34. The lowest BCUT2D eigenvalue weighted by atomic mass is 10.1. The highest BCUT2D eigenvalue weighted by atomic mass is 32.2. The summed E-state index contributed by atoms with van der Waals surface area (Å²) in [5.74, 6) is -0.166. The Labute approximate surface area is 154 Å². The van der Waals surface area contributed by atoms with E-state index in [9.17, 15) is 14.9 Å². The molecule has 138 valence electrons. The van der Waals surface area contributed by atoms with Crippen LogP contribution >= 0.6 is 11.8 Å². The zero-order valence-corrected chi connectivity index (χ0v) is 15.4. The van der Waals surface area contributed by atoms with Crippen LogP contribution in [0.25, 0.3) is 0 Å². The van der Waals surface area contributed by atoms with E-state index in [2.05, 4.69) is 15.5 Å². The van der Waals surface area contributed by atoms with Crippen LogP contribution in [0, 0.1) is 10.1 Å². The fourth-order valence-electron chi connectivity index (χ4n) is 3.06. The third-order valence-electron chi connectivity index (χ3n) is 4.35. The summed E-state index contributed by atoms with van der Waals surface area (Å²) in [6, 6.07) is 4.73. The number of likely N-dealkylation sites (tertiary alicyclic amines) is 1. The number of nitrogens with zero attached hydrogens (tertiary/aromatic N) is 5. The molecule has 2 heterocycles. The van der Waals surface area contributed by atoms with Gasteiger partial charge in [-0.1, -0.05) is 0 Å². The summed E-state index contributed by atoms with van der Waals surface area (Å²) in [6.45, 7) is 1.39. The van der Waals surface area contributed by atoms with Gasteiger partial charge in [-0.3, -0.25) is 14.9 Å². The smallest absolute Gasteiger partial charge is 0.284 e. The lowest BCUT2D eigenvalue weighted by molar-refractivity contribution is -0.387. The number of aryl methyl sites for hydroxylation is 1. The number of hydrogen-bond donors (Lipinski definition) is 1. The molecule has 26 heavy (non-hydrogen) atoms. The van der Waals surface area contributed by atoms with E-state index in [0.29, 0.717) is 28.7 Å². The molecule has 0 spiro atoms. The molecule has 9 nitrogen and oxygen atoms in total. The van der Waals surface area contributed by atoms with Crippen molar-refractivity contribution in [1.29, 1.82) is 0 Å². The van der Waals surface area contributed by atoms with Crippen molar-refractivity contribution in [2.45, 2.75) is 28.9 Å². The van der Waals surface area contributed by atoms with E-state index in [1.165, 1.54) is 12.4 Å². The Bertz CT molecular complexity index is 824. The van der Waals surface area contributed by atoms with Gasteiger partial charge < -0.3 is 14.8 Å². The van der Waals surface area contributed by atoms with Crippen molar-refractivity contribution in [2.75, 3.05) is 20.1 Å². The predicted molar refractivity (Wildman–Crippen MR) is 96.2 cm³/mol. The van der Waals surface area contributed by atoms with Crippen molar-refractivity contribution in [2.24, 2.45) is 7.05 Å². The van der Waals surface area contributed by atoms with E-state index in [1.807, 2.05) is 7.05 Å². The summed E-state index contributed by atoms with van der Waals surface area (Å²) in [7, 11) is 3.62. The standard InChI is InChI=1S/C16H20N6O3S/c1-17-9-12-4-3-7-21(12)15(23)11-5-6-14(13(8-11)22(24)25)26-16-19-18-10-20(16)2/h5-6,8,10,12,17H,3-4,7,9H2,1-2H3. The lowest BCUT2D eigenvalue weighted by Gasteiger charge is -2.24. The second kappa shape index (κ2) is 7.83. The van der Waals surface area contributed by atoms with E-state index in [0.717, 1.165) is 24.6 Å². The van der Waals surface area contributed by atoms with Gasteiger partial charge >= 0.3 is 0 Å². The molecule has 1 aromatic heterocycles. The SMILES string of the molecule is CNCC1CCCN1C(=O)c1ccc(Sc2nncn2C)c([N+](=O)[O-])c1. The van der Waals surface area contributed by atoms with Crippen LogP contribution in [0.4, 0.5) is 5.69 Å². The fourth-order valence-corrected chi connectivity index (χ4v) is 3.91.